The van der Waals surface area contributed by atoms with Crippen molar-refractivity contribution in [1.29, 1.82) is 0 Å². The Labute approximate surface area is 104 Å². The van der Waals surface area contributed by atoms with E-state index in [1.807, 2.05) is 13.0 Å². The Bertz CT molecular complexity index is 378. The van der Waals surface area contributed by atoms with E-state index in [9.17, 15) is 0 Å². The molecule has 0 fully saturated rings. The van der Waals surface area contributed by atoms with Gasteiger partial charge in [0, 0.05) is 19.6 Å². The first-order chi connectivity index (χ1) is 8.26. The second-order valence-corrected chi connectivity index (χ2v) is 4.61. The quantitative estimate of drug-likeness (QED) is 0.870. The zero-order valence-electron chi connectivity index (χ0n) is 11.0. The highest BCUT2D eigenvalue weighted by Gasteiger charge is 2.20. The summed E-state index contributed by atoms with van der Waals surface area (Å²) in [6.45, 7) is 10.4. The van der Waals surface area contributed by atoms with Crippen LogP contribution in [0.25, 0.3) is 0 Å². The third kappa shape index (κ3) is 2.48. The number of benzene rings is 1. The third-order valence-corrected chi connectivity index (χ3v) is 3.19. The van der Waals surface area contributed by atoms with Crippen LogP contribution in [-0.4, -0.2) is 26.2 Å². The summed E-state index contributed by atoms with van der Waals surface area (Å²) in [5.74, 6) is 1.62. The molecule has 1 unspecified atom stereocenters. The van der Waals surface area contributed by atoms with Crippen molar-refractivity contribution in [2.24, 2.45) is 5.92 Å². The number of ether oxygens (including phenoxy) is 1. The zero-order chi connectivity index (χ0) is 12.3. The first kappa shape index (κ1) is 12.1. The van der Waals surface area contributed by atoms with E-state index in [2.05, 4.69) is 36.2 Å². The summed E-state index contributed by atoms with van der Waals surface area (Å²) in [7, 11) is 0. The number of anilines is 2. The first-order valence-electron chi connectivity index (χ1n) is 6.50. The fraction of sp³-hybridized carbons (Fsp3) is 0.571. The lowest BCUT2D eigenvalue weighted by molar-refractivity contribution is 0.342. The van der Waals surface area contributed by atoms with E-state index >= 15 is 0 Å². The molecule has 17 heavy (non-hydrogen) atoms. The molecule has 1 aliphatic rings. The molecule has 0 amide bonds. The van der Waals surface area contributed by atoms with Crippen LogP contribution < -0.4 is 15.0 Å². The van der Waals surface area contributed by atoms with E-state index in [0.717, 1.165) is 31.1 Å². The topological polar surface area (TPSA) is 24.5 Å². The zero-order valence-corrected chi connectivity index (χ0v) is 11.0. The number of hydrogen-bond acceptors (Lipinski definition) is 3. The molecule has 0 saturated carbocycles. The standard InChI is InChI=1S/C14H22N2O/c1-4-16-10-11(3)9-15-14-12(16)7-6-8-13(14)17-5-2/h6-8,11,15H,4-5,9-10H2,1-3H3. The van der Waals surface area contributed by atoms with E-state index in [-0.39, 0.29) is 0 Å². The molecule has 2 rings (SSSR count). The van der Waals surface area contributed by atoms with Gasteiger partial charge < -0.3 is 15.0 Å². The Morgan fingerprint density at radius 2 is 2.24 bits per heavy atom. The van der Waals surface area contributed by atoms with Crippen LogP contribution in [0.5, 0.6) is 5.75 Å². The Hall–Kier alpha value is -1.38. The predicted octanol–water partition coefficient (Wildman–Crippen LogP) is 2.97. The average Bonchev–Trinajstić information content (AvgIpc) is 2.50. The van der Waals surface area contributed by atoms with E-state index in [1.54, 1.807) is 0 Å². The van der Waals surface area contributed by atoms with Gasteiger partial charge >= 0.3 is 0 Å². The van der Waals surface area contributed by atoms with E-state index < -0.39 is 0 Å². The van der Waals surface area contributed by atoms with E-state index in [4.69, 9.17) is 4.74 Å². The molecule has 1 atom stereocenters. The van der Waals surface area contributed by atoms with Crippen molar-refractivity contribution in [1.82, 2.24) is 0 Å². The minimum absolute atomic E-state index is 0.650. The maximum atomic E-state index is 5.70. The summed E-state index contributed by atoms with van der Waals surface area (Å²) < 4.78 is 5.70. The maximum absolute atomic E-state index is 5.70. The van der Waals surface area contributed by atoms with Crippen LogP contribution in [0.1, 0.15) is 20.8 Å². The van der Waals surface area contributed by atoms with Crippen LogP contribution in [0.2, 0.25) is 0 Å². The molecular weight excluding hydrogens is 212 g/mol. The minimum Gasteiger partial charge on any atom is -0.492 e. The van der Waals surface area contributed by atoms with Gasteiger partial charge in [0.25, 0.3) is 0 Å². The fourth-order valence-corrected chi connectivity index (χ4v) is 2.35. The molecule has 1 N–H and O–H groups in total. The molecule has 1 aromatic rings. The van der Waals surface area contributed by atoms with Crippen molar-refractivity contribution in [2.75, 3.05) is 36.5 Å². The highest BCUT2D eigenvalue weighted by Crippen LogP contribution is 2.37. The van der Waals surface area contributed by atoms with Crippen molar-refractivity contribution in [3.63, 3.8) is 0 Å². The summed E-state index contributed by atoms with van der Waals surface area (Å²) >= 11 is 0. The number of fused-ring (bicyclic) bond motifs is 1. The minimum atomic E-state index is 0.650. The highest BCUT2D eigenvalue weighted by atomic mass is 16.5. The number of para-hydroxylation sites is 1. The van der Waals surface area contributed by atoms with Gasteiger partial charge in [-0.15, -0.1) is 0 Å². The molecule has 1 heterocycles. The lowest BCUT2D eigenvalue weighted by atomic mass is 10.2. The van der Waals surface area contributed by atoms with Crippen LogP contribution in [0.15, 0.2) is 18.2 Å². The molecular formula is C14H22N2O. The predicted molar refractivity (Wildman–Crippen MR) is 73.2 cm³/mol. The molecule has 0 bridgehead atoms. The summed E-state index contributed by atoms with van der Waals surface area (Å²) in [6.07, 6.45) is 0. The molecule has 3 nitrogen and oxygen atoms in total. The fourth-order valence-electron chi connectivity index (χ4n) is 2.35. The summed E-state index contributed by atoms with van der Waals surface area (Å²) in [5, 5.41) is 3.53. The Kier molecular flexibility index (Phi) is 3.77. The van der Waals surface area contributed by atoms with Crippen molar-refractivity contribution in [3.05, 3.63) is 18.2 Å². The second kappa shape index (κ2) is 5.30. The Morgan fingerprint density at radius 3 is 2.94 bits per heavy atom. The van der Waals surface area contributed by atoms with Crippen LogP contribution in [0, 0.1) is 5.92 Å². The molecule has 1 aliphatic heterocycles. The number of hydrogen-bond donors (Lipinski definition) is 1. The van der Waals surface area contributed by atoms with Crippen molar-refractivity contribution < 1.29 is 4.74 Å². The van der Waals surface area contributed by atoms with Gasteiger partial charge in [0.15, 0.2) is 0 Å². The summed E-state index contributed by atoms with van der Waals surface area (Å²) in [4.78, 5) is 2.42. The molecule has 0 spiro atoms. The van der Waals surface area contributed by atoms with Gasteiger partial charge in [-0.25, -0.2) is 0 Å². The monoisotopic (exact) mass is 234 g/mol. The summed E-state index contributed by atoms with van der Waals surface area (Å²) in [6, 6.07) is 6.29. The van der Waals surface area contributed by atoms with Crippen molar-refractivity contribution in [3.8, 4) is 5.75 Å². The Balaban J connectivity index is 2.39. The van der Waals surface area contributed by atoms with Gasteiger partial charge in [-0.05, 0) is 31.9 Å². The van der Waals surface area contributed by atoms with E-state index in [0.29, 0.717) is 12.5 Å². The average molecular weight is 234 g/mol. The summed E-state index contributed by atoms with van der Waals surface area (Å²) in [5.41, 5.74) is 2.42. The normalized spacial score (nSPS) is 19.2. The third-order valence-electron chi connectivity index (χ3n) is 3.19. The van der Waals surface area contributed by atoms with Crippen LogP contribution >= 0.6 is 0 Å². The van der Waals surface area contributed by atoms with Gasteiger partial charge in [-0.3, -0.25) is 0 Å². The van der Waals surface area contributed by atoms with Gasteiger partial charge in [-0.2, -0.15) is 0 Å². The lowest BCUT2D eigenvalue weighted by Gasteiger charge is -2.24. The van der Waals surface area contributed by atoms with Gasteiger partial charge in [0.05, 0.1) is 12.3 Å². The Morgan fingerprint density at radius 1 is 1.41 bits per heavy atom. The van der Waals surface area contributed by atoms with Crippen LogP contribution in [0.4, 0.5) is 11.4 Å². The number of rotatable bonds is 3. The van der Waals surface area contributed by atoms with Crippen LogP contribution in [-0.2, 0) is 0 Å². The van der Waals surface area contributed by atoms with Gasteiger partial charge in [0.1, 0.15) is 11.4 Å². The van der Waals surface area contributed by atoms with Crippen molar-refractivity contribution in [2.45, 2.75) is 20.8 Å². The molecule has 0 radical (unpaired) electrons. The molecule has 3 heteroatoms. The van der Waals surface area contributed by atoms with Crippen LogP contribution in [0.3, 0.4) is 0 Å². The largest absolute Gasteiger partial charge is 0.492 e. The molecule has 0 saturated heterocycles. The van der Waals surface area contributed by atoms with Gasteiger partial charge in [0.2, 0.25) is 0 Å². The van der Waals surface area contributed by atoms with Gasteiger partial charge in [-0.1, -0.05) is 13.0 Å². The lowest BCUT2D eigenvalue weighted by Crippen LogP contribution is -2.28. The maximum Gasteiger partial charge on any atom is 0.144 e. The molecule has 94 valence electrons. The molecule has 0 aromatic heterocycles. The smallest absolute Gasteiger partial charge is 0.144 e. The van der Waals surface area contributed by atoms with E-state index in [1.165, 1.54) is 5.69 Å². The first-order valence-corrected chi connectivity index (χ1v) is 6.50. The number of nitrogens with one attached hydrogen (secondary N) is 1. The second-order valence-electron chi connectivity index (χ2n) is 4.61. The molecule has 0 aliphatic carbocycles. The van der Waals surface area contributed by atoms with Crippen molar-refractivity contribution >= 4 is 11.4 Å². The SMILES string of the molecule is CCOc1cccc2c1NCC(C)CN2CC. The highest BCUT2D eigenvalue weighted by molar-refractivity contribution is 5.77. The molecule has 1 aromatic carbocycles. The number of nitrogens with zero attached hydrogens (tertiary/aromatic N) is 1.